The van der Waals surface area contributed by atoms with E-state index in [4.69, 9.17) is 0 Å². The number of aliphatic hydroxyl groups is 1. The molecule has 2 aromatic heterocycles. The van der Waals surface area contributed by atoms with E-state index in [1.807, 2.05) is 38.1 Å². The second-order valence-corrected chi connectivity index (χ2v) is 5.94. The van der Waals surface area contributed by atoms with E-state index in [0.29, 0.717) is 5.65 Å². The van der Waals surface area contributed by atoms with Crippen molar-refractivity contribution in [1.29, 1.82) is 0 Å². The third-order valence-corrected chi connectivity index (χ3v) is 4.18. The summed E-state index contributed by atoms with van der Waals surface area (Å²) >= 11 is 0. The number of aliphatic hydroxyl groups excluding tert-OH is 1. The minimum Gasteiger partial charge on any atom is -0.387 e. The molecule has 25 heavy (non-hydrogen) atoms. The van der Waals surface area contributed by atoms with Gasteiger partial charge in [-0.2, -0.15) is 0 Å². The van der Waals surface area contributed by atoms with E-state index in [1.54, 1.807) is 18.3 Å². The van der Waals surface area contributed by atoms with Crippen LogP contribution in [0.5, 0.6) is 0 Å². The van der Waals surface area contributed by atoms with Crippen molar-refractivity contribution < 1.29 is 9.90 Å². The molecule has 0 aliphatic carbocycles. The molecule has 1 aromatic carbocycles. The maximum atomic E-state index is 12.5. The second-order valence-electron chi connectivity index (χ2n) is 5.94. The average Bonchev–Trinajstić information content (AvgIpc) is 2.61. The Morgan fingerprint density at radius 1 is 1.20 bits per heavy atom. The van der Waals surface area contributed by atoms with Crippen molar-refractivity contribution in [3.05, 3.63) is 81.4 Å². The average molecular weight is 337 g/mol. The summed E-state index contributed by atoms with van der Waals surface area (Å²) < 4.78 is 1.35. The molecule has 128 valence electrons. The first-order chi connectivity index (χ1) is 12.0. The first kappa shape index (κ1) is 16.9. The number of carbonyl (C=O) groups excluding carboxylic acids is 1. The van der Waals surface area contributed by atoms with Gasteiger partial charge >= 0.3 is 0 Å². The molecule has 3 aromatic rings. The monoisotopic (exact) mass is 337 g/mol. The lowest BCUT2D eigenvalue weighted by Gasteiger charge is -2.14. The predicted octanol–water partition coefficient (Wildman–Crippen LogP) is 1.77. The van der Waals surface area contributed by atoms with Crippen molar-refractivity contribution in [2.45, 2.75) is 20.0 Å². The Balaban J connectivity index is 1.80. The first-order valence-corrected chi connectivity index (χ1v) is 7.98. The van der Waals surface area contributed by atoms with E-state index in [2.05, 4.69) is 10.3 Å². The lowest BCUT2D eigenvalue weighted by Crippen LogP contribution is -2.34. The quantitative estimate of drug-likeness (QED) is 0.760. The number of nitrogens with one attached hydrogen (secondary N) is 1. The zero-order valence-corrected chi connectivity index (χ0v) is 14.1. The summed E-state index contributed by atoms with van der Waals surface area (Å²) in [6, 6.07) is 11.0. The highest BCUT2D eigenvalue weighted by Gasteiger charge is 2.16. The van der Waals surface area contributed by atoms with Gasteiger partial charge in [-0.05, 0) is 36.6 Å². The Hall–Kier alpha value is -2.99. The van der Waals surface area contributed by atoms with Gasteiger partial charge in [0.15, 0.2) is 0 Å². The first-order valence-electron chi connectivity index (χ1n) is 7.98. The molecule has 0 aliphatic heterocycles. The number of nitrogens with zero attached hydrogens (tertiary/aromatic N) is 2. The number of amides is 1. The SMILES string of the molecule is Cc1ccccc1C(O)CNC(=O)c1cnc2c(C)cccn2c1=O. The molecule has 1 amide bonds. The van der Waals surface area contributed by atoms with Crippen LogP contribution in [0.25, 0.3) is 5.65 Å². The maximum Gasteiger partial charge on any atom is 0.270 e. The fourth-order valence-electron chi connectivity index (χ4n) is 2.76. The fraction of sp³-hybridized carbons (Fsp3) is 0.211. The van der Waals surface area contributed by atoms with Crippen LogP contribution in [0.4, 0.5) is 0 Å². The molecule has 3 rings (SSSR count). The smallest absolute Gasteiger partial charge is 0.270 e. The van der Waals surface area contributed by atoms with Crippen LogP contribution in [0, 0.1) is 13.8 Å². The minimum absolute atomic E-state index is 0.0135. The Morgan fingerprint density at radius 3 is 2.68 bits per heavy atom. The Kier molecular flexibility index (Phi) is 4.63. The van der Waals surface area contributed by atoms with Gasteiger partial charge in [0.05, 0.1) is 6.10 Å². The van der Waals surface area contributed by atoms with E-state index < -0.39 is 17.6 Å². The molecule has 1 unspecified atom stereocenters. The molecular weight excluding hydrogens is 318 g/mol. The van der Waals surface area contributed by atoms with Crippen molar-refractivity contribution in [2.24, 2.45) is 0 Å². The summed E-state index contributed by atoms with van der Waals surface area (Å²) in [6.45, 7) is 3.75. The maximum absolute atomic E-state index is 12.5. The molecule has 0 saturated heterocycles. The lowest BCUT2D eigenvalue weighted by atomic mass is 10.0. The molecule has 0 fully saturated rings. The molecule has 0 saturated carbocycles. The number of pyridine rings is 1. The van der Waals surface area contributed by atoms with Gasteiger partial charge in [-0.25, -0.2) is 4.98 Å². The number of benzene rings is 1. The van der Waals surface area contributed by atoms with Crippen molar-refractivity contribution in [3.8, 4) is 0 Å². The number of hydrogen-bond donors (Lipinski definition) is 2. The zero-order valence-electron chi connectivity index (χ0n) is 14.1. The molecule has 1 atom stereocenters. The van der Waals surface area contributed by atoms with Crippen molar-refractivity contribution >= 4 is 11.6 Å². The molecule has 0 spiro atoms. The Bertz CT molecular complexity index is 995. The minimum atomic E-state index is -0.844. The predicted molar refractivity (Wildman–Crippen MR) is 94.7 cm³/mol. The van der Waals surface area contributed by atoms with Gasteiger partial charge in [-0.15, -0.1) is 0 Å². The fourth-order valence-corrected chi connectivity index (χ4v) is 2.76. The van der Waals surface area contributed by atoms with Gasteiger partial charge in [0, 0.05) is 18.9 Å². The molecule has 0 bridgehead atoms. The Labute approximate surface area is 144 Å². The number of rotatable bonds is 4. The van der Waals surface area contributed by atoms with Gasteiger partial charge in [-0.1, -0.05) is 30.3 Å². The normalized spacial score (nSPS) is 12.1. The number of aromatic nitrogens is 2. The number of carbonyl (C=O) groups is 1. The van der Waals surface area contributed by atoms with E-state index >= 15 is 0 Å². The van der Waals surface area contributed by atoms with E-state index in [-0.39, 0.29) is 12.1 Å². The van der Waals surface area contributed by atoms with Gasteiger partial charge in [0.25, 0.3) is 11.5 Å². The zero-order chi connectivity index (χ0) is 18.0. The molecule has 2 N–H and O–H groups in total. The van der Waals surface area contributed by atoms with Gasteiger partial charge in [0.2, 0.25) is 0 Å². The number of hydrogen-bond acceptors (Lipinski definition) is 4. The molecular formula is C19H19N3O3. The topological polar surface area (TPSA) is 83.7 Å². The van der Waals surface area contributed by atoms with Crippen LogP contribution in [0.2, 0.25) is 0 Å². The molecule has 2 heterocycles. The molecule has 6 nitrogen and oxygen atoms in total. The third-order valence-electron chi connectivity index (χ3n) is 4.18. The van der Waals surface area contributed by atoms with E-state index in [0.717, 1.165) is 16.7 Å². The van der Waals surface area contributed by atoms with Crippen LogP contribution in [-0.2, 0) is 0 Å². The van der Waals surface area contributed by atoms with Crippen molar-refractivity contribution in [3.63, 3.8) is 0 Å². The van der Waals surface area contributed by atoms with E-state index in [1.165, 1.54) is 10.6 Å². The van der Waals surface area contributed by atoms with Gasteiger partial charge < -0.3 is 10.4 Å². The molecule has 0 radical (unpaired) electrons. The standard InChI is InChI=1S/C19H19N3O3/c1-12-6-3-4-8-14(12)16(23)11-21-18(24)15-10-20-17-13(2)7-5-9-22(17)19(15)25/h3-10,16,23H,11H2,1-2H3,(H,21,24). The summed E-state index contributed by atoms with van der Waals surface area (Å²) in [5.41, 5.74) is 2.56. The van der Waals surface area contributed by atoms with Gasteiger partial charge in [-0.3, -0.25) is 14.0 Å². The molecule has 0 aliphatic rings. The Morgan fingerprint density at radius 2 is 1.92 bits per heavy atom. The van der Waals surface area contributed by atoms with Gasteiger partial charge in [0.1, 0.15) is 11.2 Å². The summed E-state index contributed by atoms with van der Waals surface area (Å²) in [5.74, 6) is -0.555. The van der Waals surface area contributed by atoms with Crippen LogP contribution in [0.1, 0.15) is 33.2 Å². The highest BCUT2D eigenvalue weighted by atomic mass is 16.3. The van der Waals surface area contributed by atoms with Crippen LogP contribution in [0.15, 0.2) is 53.6 Å². The van der Waals surface area contributed by atoms with E-state index in [9.17, 15) is 14.7 Å². The third kappa shape index (κ3) is 3.29. The highest BCUT2D eigenvalue weighted by Crippen LogP contribution is 2.16. The van der Waals surface area contributed by atoms with Crippen LogP contribution in [-0.4, -0.2) is 26.9 Å². The largest absolute Gasteiger partial charge is 0.387 e. The summed E-state index contributed by atoms with van der Waals surface area (Å²) in [6.07, 6.45) is 2.01. The van der Waals surface area contributed by atoms with Crippen LogP contribution < -0.4 is 10.9 Å². The number of aryl methyl sites for hydroxylation is 2. The second kappa shape index (κ2) is 6.86. The molecule has 6 heteroatoms. The van der Waals surface area contributed by atoms with Crippen LogP contribution in [0.3, 0.4) is 0 Å². The van der Waals surface area contributed by atoms with Crippen molar-refractivity contribution in [1.82, 2.24) is 14.7 Å². The summed E-state index contributed by atoms with van der Waals surface area (Å²) in [7, 11) is 0. The summed E-state index contributed by atoms with van der Waals surface area (Å²) in [5, 5.41) is 12.9. The summed E-state index contributed by atoms with van der Waals surface area (Å²) in [4.78, 5) is 29.0. The highest BCUT2D eigenvalue weighted by molar-refractivity contribution is 5.93. The van der Waals surface area contributed by atoms with Crippen LogP contribution >= 0.6 is 0 Å². The number of fused-ring (bicyclic) bond motifs is 1. The van der Waals surface area contributed by atoms with Crippen molar-refractivity contribution in [2.75, 3.05) is 6.54 Å². The lowest BCUT2D eigenvalue weighted by molar-refractivity contribution is 0.0914.